The van der Waals surface area contributed by atoms with Crippen LogP contribution in [-0.4, -0.2) is 13.0 Å². The van der Waals surface area contributed by atoms with E-state index in [4.69, 9.17) is 4.74 Å². The van der Waals surface area contributed by atoms with E-state index in [1.807, 2.05) is 11.8 Å². The number of benzene rings is 4. The molecule has 234 valence electrons. The van der Waals surface area contributed by atoms with E-state index in [9.17, 15) is 48.3 Å². The highest BCUT2D eigenvalue weighted by Gasteiger charge is 2.38. The van der Waals surface area contributed by atoms with Gasteiger partial charge in [0.15, 0.2) is 11.6 Å². The number of hydrogen-bond donors (Lipinski definition) is 0. The Kier molecular flexibility index (Phi) is 9.31. The molecule has 3 nitrogen and oxygen atoms in total. The molecule has 14 heteroatoms. The molecule has 4 rings (SSSR count). The quantitative estimate of drug-likeness (QED) is 0.109. The van der Waals surface area contributed by atoms with Gasteiger partial charge in [-0.25, -0.2) is 26.3 Å². The fraction of sp³-hybridized carbons (Fsp3) is 0.0968. The van der Waals surface area contributed by atoms with E-state index in [1.165, 1.54) is 18.2 Å². The summed E-state index contributed by atoms with van der Waals surface area (Å²) >= 11 is 0. The predicted molar refractivity (Wildman–Crippen MR) is 137 cm³/mol. The summed E-state index contributed by atoms with van der Waals surface area (Å²) in [6.45, 7) is 3.54. The van der Waals surface area contributed by atoms with Crippen molar-refractivity contribution < 1.29 is 62.5 Å². The molecule has 45 heavy (non-hydrogen) atoms. The zero-order chi connectivity index (χ0) is 33.1. The molecule has 0 aliphatic heterocycles. The van der Waals surface area contributed by atoms with Gasteiger partial charge in [0.25, 0.3) is 0 Å². The number of ether oxygens (including phenoxy) is 3. The lowest BCUT2D eigenvalue weighted by Gasteiger charge is -2.19. The molecule has 0 aromatic heterocycles. The van der Waals surface area contributed by atoms with Crippen molar-refractivity contribution in [1.29, 1.82) is 0 Å². The molecule has 0 unspecified atom stereocenters. The summed E-state index contributed by atoms with van der Waals surface area (Å²) in [6.07, 6.45) is -8.48. The van der Waals surface area contributed by atoms with E-state index in [0.29, 0.717) is 24.3 Å². The maximum atomic E-state index is 14.8. The van der Waals surface area contributed by atoms with Crippen LogP contribution >= 0.6 is 0 Å². The third-order valence-electron chi connectivity index (χ3n) is 5.71. The molecule has 0 saturated carbocycles. The number of halogens is 11. The van der Waals surface area contributed by atoms with Crippen LogP contribution in [0.4, 0.5) is 48.3 Å². The van der Waals surface area contributed by atoms with Crippen LogP contribution in [0.15, 0.2) is 73.3 Å². The molecule has 0 heterocycles. The second-order valence-electron chi connectivity index (χ2n) is 8.88. The summed E-state index contributed by atoms with van der Waals surface area (Å²) in [5.74, 6) is -8.18. The Balaban J connectivity index is 1.55. The monoisotopic (exact) mass is 644 g/mol. The molecule has 0 bridgehead atoms. The van der Waals surface area contributed by atoms with E-state index in [-0.39, 0.29) is 35.6 Å². The Morgan fingerprint density at radius 1 is 0.644 bits per heavy atom. The highest BCUT2D eigenvalue weighted by molar-refractivity contribution is 5.65. The van der Waals surface area contributed by atoms with Crippen LogP contribution in [0.25, 0.3) is 11.1 Å². The van der Waals surface area contributed by atoms with Gasteiger partial charge < -0.3 is 14.2 Å². The molecule has 4 aromatic rings. The van der Waals surface area contributed by atoms with Gasteiger partial charge >= 0.3 is 12.5 Å². The summed E-state index contributed by atoms with van der Waals surface area (Å²) in [7, 11) is 0. The van der Waals surface area contributed by atoms with Crippen molar-refractivity contribution in [3.05, 3.63) is 125 Å². The first-order chi connectivity index (χ1) is 21.1. The third kappa shape index (κ3) is 7.86. The Morgan fingerprint density at radius 3 is 1.82 bits per heavy atom. The van der Waals surface area contributed by atoms with Crippen molar-refractivity contribution in [3.63, 3.8) is 0 Å². The second kappa shape index (κ2) is 12.8. The van der Waals surface area contributed by atoms with Crippen LogP contribution in [0.5, 0.6) is 17.2 Å². The first kappa shape index (κ1) is 32.7. The molecule has 0 spiro atoms. The fourth-order valence-electron chi connectivity index (χ4n) is 3.80. The number of alkyl halides is 5. The van der Waals surface area contributed by atoms with Gasteiger partial charge in [-0.15, -0.1) is 13.2 Å². The molecule has 0 atom stereocenters. The van der Waals surface area contributed by atoms with Gasteiger partial charge in [0.2, 0.25) is 5.75 Å². The third-order valence-corrected chi connectivity index (χ3v) is 5.71. The lowest BCUT2D eigenvalue weighted by molar-refractivity contribution is -0.276. The molecule has 0 aliphatic rings. The maximum Gasteiger partial charge on any atom is 0.573 e. The van der Waals surface area contributed by atoms with Gasteiger partial charge in [-0.3, -0.25) is 0 Å². The smallest absolute Gasteiger partial charge is 0.489 e. The van der Waals surface area contributed by atoms with E-state index >= 15 is 0 Å². The van der Waals surface area contributed by atoms with Gasteiger partial charge in [0.05, 0.1) is 11.1 Å². The van der Waals surface area contributed by atoms with Gasteiger partial charge in [-0.2, -0.15) is 8.78 Å². The van der Waals surface area contributed by atoms with Crippen molar-refractivity contribution >= 4 is 0 Å². The zero-order valence-corrected chi connectivity index (χ0v) is 22.1. The standard InChI is InChI=1S/C31H15F11O3/c1-2-9-43-18-5-7-20(23(32)13-18)17-4-8-22(26(35)12-17)30(38,39)44-19-14-24(33)21(25(34)15-19)6-3-16-10-27(36)29(28(37)11-16)45-31(40,41)42/h2,4-5,7-8,10-15H,1,9H2. The lowest BCUT2D eigenvalue weighted by Crippen LogP contribution is -2.23. The van der Waals surface area contributed by atoms with Crippen molar-refractivity contribution in [2.75, 3.05) is 6.61 Å². The first-order valence-electron chi connectivity index (χ1n) is 12.2. The fourth-order valence-corrected chi connectivity index (χ4v) is 3.80. The van der Waals surface area contributed by atoms with Crippen LogP contribution in [0.2, 0.25) is 0 Å². The summed E-state index contributed by atoms with van der Waals surface area (Å²) in [5, 5.41) is 0. The second-order valence-corrected chi connectivity index (χ2v) is 8.88. The summed E-state index contributed by atoms with van der Waals surface area (Å²) in [5.41, 5.74) is -3.36. The van der Waals surface area contributed by atoms with E-state index in [2.05, 4.69) is 16.1 Å². The zero-order valence-electron chi connectivity index (χ0n) is 22.1. The molecular formula is C31H15F11O3. The van der Waals surface area contributed by atoms with Gasteiger partial charge in [0.1, 0.15) is 41.4 Å². The summed E-state index contributed by atoms with van der Waals surface area (Å²) < 4.78 is 165. The lowest BCUT2D eigenvalue weighted by atomic mass is 10.0. The van der Waals surface area contributed by atoms with Gasteiger partial charge in [-0.1, -0.05) is 30.6 Å². The molecule has 0 N–H and O–H groups in total. The minimum absolute atomic E-state index is 0.0884. The van der Waals surface area contributed by atoms with E-state index in [0.717, 1.165) is 12.1 Å². The first-order valence-corrected chi connectivity index (χ1v) is 12.2. The summed E-state index contributed by atoms with van der Waals surface area (Å²) in [4.78, 5) is 0. The number of hydrogen-bond acceptors (Lipinski definition) is 3. The topological polar surface area (TPSA) is 27.7 Å². The molecular weight excluding hydrogens is 629 g/mol. The van der Waals surface area contributed by atoms with Crippen molar-refractivity contribution in [2.24, 2.45) is 0 Å². The molecule has 0 radical (unpaired) electrons. The van der Waals surface area contributed by atoms with Crippen molar-refractivity contribution in [2.45, 2.75) is 12.5 Å². The average molecular weight is 644 g/mol. The van der Waals surface area contributed by atoms with Crippen LogP contribution in [-0.2, 0) is 6.11 Å². The van der Waals surface area contributed by atoms with Crippen LogP contribution in [0.3, 0.4) is 0 Å². The average Bonchev–Trinajstić information content (AvgIpc) is 2.92. The van der Waals surface area contributed by atoms with Crippen LogP contribution < -0.4 is 14.2 Å². The normalized spacial score (nSPS) is 11.4. The number of rotatable bonds is 8. The van der Waals surface area contributed by atoms with Crippen molar-refractivity contribution in [1.82, 2.24) is 0 Å². The molecule has 0 fully saturated rings. The predicted octanol–water partition coefficient (Wildman–Crippen LogP) is 9.18. The van der Waals surface area contributed by atoms with Gasteiger partial charge in [0, 0.05) is 29.3 Å². The minimum Gasteiger partial charge on any atom is -0.489 e. The summed E-state index contributed by atoms with van der Waals surface area (Å²) in [6, 6.07) is 6.87. The van der Waals surface area contributed by atoms with Gasteiger partial charge in [-0.05, 0) is 42.0 Å². The Bertz CT molecular complexity index is 1780. The molecule has 0 aliphatic carbocycles. The van der Waals surface area contributed by atoms with Crippen molar-refractivity contribution in [3.8, 4) is 40.2 Å². The maximum absolute atomic E-state index is 14.8. The highest BCUT2D eigenvalue weighted by atomic mass is 19.4. The molecule has 0 saturated heterocycles. The highest BCUT2D eigenvalue weighted by Crippen LogP contribution is 2.37. The largest absolute Gasteiger partial charge is 0.573 e. The van der Waals surface area contributed by atoms with E-state index < -0.39 is 75.6 Å². The molecule has 4 aromatic carbocycles. The van der Waals surface area contributed by atoms with Crippen LogP contribution in [0.1, 0.15) is 16.7 Å². The Labute approximate surface area is 247 Å². The van der Waals surface area contributed by atoms with E-state index in [1.54, 1.807) is 0 Å². The minimum atomic E-state index is -5.41. The Morgan fingerprint density at radius 2 is 1.27 bits per heavy atom. The Hall–Kier alpha value is -5.19. The molecule has 0 amide bonds. The van der Waals surface area contributed by atoms with Crippen LogP contribution in [0, 0.1) is 46.7 Å². The SMILES string of the molecule is C=CCOc1ccc(-c2ccc(C(F)(F)Oc3cc(F)c(C#Cc4cc(F)c(OC(F)(F)F)c(F)c4)c(F)c3)c(F)c2)c(F)c1.